The van der Waals surface area contributed by atoms with Gasteiger partial charge in [0, 0.05) is 12.1 Å². The largest absolute Gasteiger partial charge is 0.258 e. The van der Waals surface area contributed by atoms with Crippen LogP contribution in [0.3, 0.4) is 0 Å². The lowest BCUT2D eigenvalue weighted by atomic mass is 10.3. The van der Waals surface area contributed by atoms with E-state index in [4.69, 9.17) is 23.2 Å². The van der Waals surface area contributed by atoms with Gasteiger partial charge in [-0.3, -0.25) is 4.68 Å². The second-order valence-corrected chi connectivity index (χ2v) is 4.28. The summed E-state index contributed by atoms with van der Waals surface area (Å²) in [6.45, 7) is 0. The third-order valence-electron chi connectivity index (χ3n) is 1.43. The van der Waals surface area contributed by atoms with Crippen molar-refractivity contribution in [2.45, 2.75) is 17.8 Å². The Bertz CT molecular complexity index is 239. The first kappa shape index (κ1) is 10.4. The van der Waals surface area contributed by atoms with Crippen LogP contribution in [0, 0.1) is 0 Å². The van der Waals surface area contributed by atoms with Crippen molar-refractivity contribution in [1.82, 2.24) is 9.78 Å². The van der Waals surface area contributed by atoms with E-state index in [2.05, 4.69) is 21.0 Å². The summed E-state index contributed by atoms with van der Waals surface area (Å²) in [6.07, 6.45) is 5.34. The first-order valence-corrected chi connectivity index (χ1v) is 5.46. The number of hydrogen-bond donors (Lipinski definition) is 0. The molecule has 0 radical (unpaired) electrons. The molecule has 0 aliphatic rings. The molecule has 5 heteroatoms. The average molecular weight is 272 g/mol. The van der Waals surface area contributed by atoms with E-state index in [-0.39, 0.29) is 4.95 Å². The first-order chi connectivity index (χ1) is 5.74. The maximum absolute atomic E-state index is 5.71. The molecule has 0 fully saturated rings. The Labute approximate surface area is 90.0 Å². The van der Waals surface area contributed by atoms with Gasteiger partial charge in [0.05, 0.1) is 11.2 Å². The van der Waals surface area contributed by atoms with Crippen molar-refractivity contribution in [2.24, 2.45) is 0 Å². The maximum atomic E-state index is 5.71. The standard InChI is InChI=1S/C7H9BrCl2N2/c8-7(2-1-3-9)12-5-6(10)4-11-12/h4-5,7H,1-3H2. The van der Waals surface area contributed by atoms with E-state index in [1.54, 1.807) is 17.1 Å². The van der Waals surface area contributed by atoms with Crippen molar-refractivity contribution in [3.05, 3.63) is 17.4 Å². The van der Waals surface area contributed by atoms with Crippen LogP contribution in [-0.2, 0) is 0 Å². The van der Waals surface area contributed by atoms with Crippen molar-refractivity contribution in [1.29, 1.82) is 0 Å². The lowest BCUT2D eigenvalue weighted by Crippen LogP contribution is -2.02. The topological polar surface area (TPSA) is 17.8 Å². The predicted octanol–water partition coefficient (Wildman–Crippen LogP) is 3.45. The van der Waals surface area contributed by atoms with Crippen LogP contribution in [0.1, 0.15) is 17.8 Å². The van der Waals surface area contributed by atoms with Crippen molar-refractivity contribution in [3.8, 4) is 0 Å². The minimum atomic E-state index is 0.198. The van der Waals surface area contributed by atoms with Gasteiger partial charge in [0.15, 0.2) is 0 Å². The van der Waals surface area contributed by atoms with Gasteiger partial charge < -0.3 is 0 Å². The molecule has 1 aromatic rings. The summed E-state index contributed by atoms with van der Waals surface area (Å²) in [6, 6.07) is 0. The minimum Gasteiger partial charge on any atom is -0.258 e. The van der Waals surface area contributed by atoms with Crippen LogP contribution in [0.5, 0.6) is 0 Å². The summed E-state index contributed by atoms with van der Waals surface area (Å²) < 4.78 is 1.79. The number of hydrogen-bond acceptors (Lipinski definition) is 1. The van der Waals surface area contributed by atoms with E-state index in [9.17, 15) is 0 Å². The number of aromatic nitrogens is 2. The lowest BCUT2D eigenvalue weighted by Gasteiger charge is -2.08. The monoisotopic (exact) mass is 270 g/mol. The summed E-state index contributed by atoms with van der Waals surface area (Å²) in [5.74, 6) is 0.678. The van der Waals surface area contributed by atoms with Gasteiger partial charge in [0.25, 0.3) is 0 Å². The Morgan fingerprint density at radius 2 is 2.42 bits per heavy atom. The molecule has 0 aliphatic carbocycles. The van der Waals surface area contributed by atoms with E-state index in [0.717, 1.165) is 12.8 Å². The Morgan fingerprint density at radius 1 is 1.67 bits per heavy atom. The van der Waals surface area contributed by atoms with Crippen LogP contribution in [0.15, 0.2) is 12.4 Å². The molecule has 0 amide bonds. The first-order valence-electron chi connectivity index (χ1n) is 3.63. The molecule has 0 bridgehead atoms. The molecule has 1 aromatic heterocycles. The van der Waals surface area contributed by atoms with Crippen LogP contribution in [-0.4, -0.2) is 15.7 Å². The molecule has 12 heavy (non-hydrogen) atoms. The lowest BCUT2D eigenvalue weighted by molar-refractivity contribution is 0.566. The summed E-state index contributed by atoms with van der Waals surface area (Å²) in [7, 11) is 0. The van der Waals surface area contributed by atoms with Gasteiger partial charge in [-0.15, -0.1) is 11.6 Å². The second-order valence-electron chi connectivity index (χ2n) is 2.40. The van der Waals surface area contributed by atoms with Crippen molar-refractivity contribution in [2.75, 3.05) is 5.88 Å². The fourth-order valence-electron chi connectivity index (χ4n) is 0.846. The van der Waals surface area contributed by atoms with Crippen LogP contribution >= 0.6 is 39.1 Å². The molecular formula is C7H9BrCl2N2. The number of nitrogens with zero attached hydrogens (tertiary/aromatic N) is 2. The highest BCUT2D eigenvalue weighted by molar-refractivity contribution is 9.09. The number of alkyl halides is 2. The zero-order valence-electron chi connectivity index (χ0n) is 6.38. The summed E-state index contributed by atoms with van der Waals surface area (Å²) in [5, 5.41) is 4.72. The third-order valence-corrected chi connectivity index (χ3v) is 2.77. The van der Waals surface area contributed by atoms with Gasteiger partial charge in [-0.2, -0.15) is 5.10 Å². The predicted molar refractivity (Wildman–Crippen MR) is 55.2 cm³/mol. The van der Waals surface area contributed by atoms with Gasteiger partial charge in [-0.1, -0.05) is 27.5 Å². The molecule has 2 nitrogen and oxygen atoms in total. The molecule has 1 heterocycles. The van der Waals surface area contributed by atoms with Gasteiger partial charge >= 0.3 is 0 Å². The fraction of sp³-hybridized carbons (Fsp3) is 0.571. The Kier molecular flexibility index (Phi) is 4.40. The number of rotatable bonds is 4. The summed E-state index contributed by atoms with van der Waals surface area (Å²) in [5.41, 5.74) is 0. The van der Waals surface area contributed by atoms with Crippen LogP contribution in [0.25, 0.3) is 0 Å². The molecule has 1 unspecified atom stereocenters. The molecule has 0 saturated heterocycles. The Balaban J connectivity index is 2.47. The van der Waals surface area contributed by atoms with E-state index in [1.165, 1.54) is 0 Å². The average Bonchev–Trinajstić information content (AvgIpc) is 2.47. The zero-order chi connectivity index (χ0) is 8.97. The highest BCUT2D eigenvalue weighted by Gasteiger charge is 2.06. The molecule has 1 rings (SSSR count). The van der Waals surface area contributed by atoms with E-state index in [1.807, 2.05) is 0 Å². The van der Waals surface area contributed by atoms with Crippen LogP contribution < -0.4 is 0 Å². The number of halogens is 3. The fourth-order valence-corrected chi connectivity index (χ4v) is 1.69. The molecule has 0 saturated carbocycles. The highest BCUT2D eigenvalue weighted by atomic mass is 79.9. The van der Waals surface area contributed by atoms with Crippen molar-refractivity contribution in [3.63, 3.8) is 0 Å². The van der Waals surface area contributed by atoms with Crippen LogP contribution in [0.2, 0.25) is 5.02 Å². The molecule has 68 valence electrons. The molecular weight excluding hydrogens is 263 g/mol. The molecule has 0 aliphatic heterocycles. The summed E-state index contributed by atoms with van der Waals surface area (Å²) in [4.78, 5) is 0.198. The smallest absolute Gasteiger partial charge is 0.107 e. The zero-order valence-corrected chi connectivity index (χ0v) is 9.48. The molecule has 0 N–H and O–H groups in total. The quantitative estimate of drug-likeness (QED) is 0.767. The third kappa shape index (κ3) is 2.96. The van der Waals surface area contributed by atoms with E-state index < -0.39 is 0 Å². The van der Waals surface area contributed by atoms with Gasteiger partial charge in [0.2, 0.25) is 0 Å². The maximum Gasteiger partial charge on any atom is 0.107 e. The Morgan fingerprint density at radius 3 is 2.92 bits per heavy atom. The SMILES string of the molecule is ClCCCC(Br)n1cc(Cl)cn1. The van der Waals surface area contributed by atoms with Crippen LogP contribution in [0.4, 0.5) is 0 Å². The normalized spacial score (nSPS) is 13.2. The van der Waals surface area contributed by atoms with Gasteiger partial charge in [-0.05, 0) is 12.8 Å². The van der Waals surface area contributed by atoms with E-state index in [0.29, 0.717) is 10.9 Å². The molecule has 0 spiro atoms. The minimum absolute atomic E-state index is 0.198. The van der Waals surface area contributed by atoms with E-state index >= 15 is 0 Å². The molecule has 0 aromatic carbocycles. The van der Waals surface area contributed by atoms with Gasteiger partial charge in [0.1, 0.15) is 4.95 Å². The van der Waals surface area contributed by atoms with Crippen molar-refractivity contribution < 1.29 is 0 Å². The van der Waals surface area contributed by atoms with Gasteiger partial charge in [-0.25, -0.2) is 0 Å². The van der Waals surface area contributed by atoms with Crippen molar-refractivity contribution >= 4 is 39.1 Å². The summed E-state index contributed by atoms with van der Waals surface area (Å²) >= 11 is 14.8. The Hall–Kier alpha value is 0.270. The molecule has 1 atom stereocenters. The second kappa shape index (κ2) is 5.10. The highest BCUT2D eigenvalue weighted by Crippen LogP contribution is 2.21.